The van der Waals surface area contributed by atoms with Crippen LogP contribution in [0.15, 0.2) is 0 Å². The summed E-state index contributed by atoms with van der Waals surface area (Å²) in [5.41, 5.74) is 0.702. The Hall–Kier alpha value is -0.610. The zero-order valence-corrected chi connectivity index (χ0v) is 19.5. The van der Waals surface area contributed by atoms with Gasteiger partial charge in [-0.15, -0.1) is 0 Å². The van der Waals surface area contributed by atoms with Crippen molar-refractivity contribution >= 4 is 5.97 Å². The SMILES string of the molecule is CCCCCCCCOC(=O)C[N+](C)(C)CCO[C@H]1C[C@@H]2CC[C@]1(C)C2(C)C. The fourth-order valence-electron chi connectivity index (χ4n) is 5.37. The standard InChI is InChI=1S/C24H46NO3/c1-7-8-9-10-11-12-16-28-22(26)19-25(5,6)15-17-27-21-18-20-13-14-24(21,4)23(20,2)3/h20-21H,7-19H2,1-6H3/q+1/t20-,21-,24-/m0/s1. The van der Waals surface area contributed by atoms with E-state index in [9.17, 15) is 4.79 Å². The van der Waals surface area contributed by atoms with Crippen LogP contribution in [0.4, 0.5) is 0 Å². The predicted molar refractivity (Wildman–Crippen MR) is 115 cm³/mol. The Morgan fingerprint density at radius 1 is 1.04 bits per heavy atom. The van der Waals surface area contributed by atoms with Crippen LogP contribution >= 0.6 is 0 Å². The van der Waals surface area contributed by atoms with Gasteiger partial charge in [0, 0.05) is 0 Å². The Labute approximate surface area is 173 Å². The van der Waals surface area contributed by atoms with Crippen molar-refractivity contribution < 1.29 is 18.8 Å². The average molecular weight is 397 g/mol. The lowest BCUT2D eigenvalue weighted by Gasteiger charge is -2.39. The Morgan fingerprint density at radius 3 is 2.32 bits per heavy atom. The van der Waals surface area contributed by atoms with E-state index in [-0.39, 0.29) is 5.97 Å². The van der Waals surface area contributed by atoms with Crippen molar-refractivity contribution in [3.63, 3.8) is 0 Å². The van der Waals surface area contributed by atoms with Crippen LogP contribution in [-0.2, 0) is 14.3 Å². The van der Waals surface area contributed by atoms with Gasteiger partial charge in [0.2, 0.25) is 0 Å². The molecule has 4 heteroatoms. The molecule has 0 spiro atoms. The lowest BCUT2D eigenvalue weighted by molar-refractivity contribution is -0.883. The zero-order chi connectivity index (χ0) is 20.8. The summed E-state index contributed by atoms with van der Waals surface area (Å²) in [5, 5.41) is 0. The zero-order valence-electron chi connectivity index (χ0n) is 19.5. The van der Waals surface area contributed by atoms with E-state index in [1.165, 1.54) is 44.9 Å². The number of quaternary nitrogens is 1. The van der Waals surface area contributed by atoms with Gasteiger partial charge in [-0.1, -0.05) is 59.8 Å². The van der Waals surface area contributed by atoms with Gasteiger partial charge >= 0.3 is 5.97 Å². The smallest absolute Gasteiger partial charge is 0.361 e. The van der Waals surface area contributed by atoms with E-state index >= 15 is 0 Å². The quantitative estimate of drug-likeness (QED) is 0.244. The number of rotatable bonds is 13. The highest BCUT2D eigenvalue weighted by Crippen LogP contribution is 2.66. The second-order valence-corrected chi connectivity index (χ2v) is 10.8. The molecule has 0 aromatic carbocycles. The summed E-state index contributed by atoms with van der Waals surface area (Å²) in [6, 6.07) is 0. The molecule has 164 valence electrons. The summed E-state index contributed by atoms with van der Waals surface area (Å²) in [6.45, 7) is 12.1. The van der Waals surface area contributed by atoms with Crippen LogP contribution in [0.2, 0.25) is 0 Å². The first kappa shape index (κ1) is 23.7. The third-order valence-corrected chi connectivity index (χ3v) is 8.05. The normalized spacial score (nSPS) is 28.6. The molecule has 0 heterocycles. The molecule has 3 atom stereocenters. The molecule has 2 aliphatic rings. The van der Waals surface area contributed by atoms with Gasteiger partial charge in [0.15, 0.2) is 6.54 Å². The van der Waals surface area contributed by atoms with Crippen molar-refractivity contribution in [2.24, 2.45) is 16.7 Å². The largest absolute Gasteiger partial charge is 0.462 e. The third kappa shape index (κ3) is 5.72. The summed E-state index contributed by atoms with van der Waals surface area (Å²) in [6.07, 6.45) is 11.5. The first-order chi connectivity index (χ1) is 13.1. The van der Waals surface area contributed by atoms with E-state index in [1.54, 1.807) is 0 Å². The fourth-order valence-corrected chi connectivity index (χ4v) is 5.37. The number of esters is 1. The molecule has 2 rings (SSSR count). The first-order valence-corrected chi connectivity index (χ1v) is 11.7. The Balaban J connectivity index is 1.61. The molecule has 4 nitrogen and oxygen atoms in total. The molecule has 0 aromatic heterocycles. The minimum absolute atomic E-state index is 0.0772. The van der Waals surface area contributed by atoms with Crippen molar-refractivity contribution in [2.45, 2.75) is 91.6 Å². The maximum atomic E-state index is 12.2. The van der Waals surface area contributed by atoms with Crippen LogP contribution in [-0.4, -0.2) is 57.0 Å². The Bertz CT molecular complexity index is 502. The van der Waals surface area contributed by atoms with Crippen LogP contribution in [0, 0.1) is 16.7 Å². The highest BCUT2D eigenvalue weighted by atomic mass is 16.5. The van der Waals surface area contributed by atoms with Crippen molar-refractivity contribution in [2.75, 3.05) is 40.4 Å². The van der Waals surface area contributed by atoms with Gasteiger partial charge in [0.05, 0.1) is 33.4 Å². The molecule has 0 saturated heterocycles. The molecule has 0 aromatic rings. The van der Waals surface area contributed by atoms with Gasteiger partial charge in [-0.05, 0) is 42.4 Å². The maximum absolute atomic E-state index is 12.2. The summed E-state index contributed by atoms with van der Waals surface area (Å²) in [7, 11) is 4.20. The van der Waals surface area contributed by atoms with Crippen LogP contribution in [0.1, 0.15) is 85.5 Å². The second-order valence-electron chi connectivity index (χ2n) is 10.8. The number of carbonyl (C=O) groups excluding carboxylic acids is 1. The maximum Gasteiger partial charge on any atom is 0.361 e. The number of hydrogen-bond acceptors (Lipinski definition) is 3. The molecule has 0 unspecified atom stereocenters. The van der Waals surface area contributed by atoms with Gasteiger partial charge < -0.3 is 14.0 Å². The molecule has 2 aliphatic carbocycles. The summed E-state index contributed by atoms with van der Waals surface area (Å²) in [4.78, 5) is 12.2. The van der Waals surface area contributed by atoms with E-state index in [0.717, 1.165) is 31.9 Å². The minimum Gasteiger partial charge on any atom is -0.462 e. The van der Waals surface area contributed by atoms with Gasteiger partial charge in [0.25, 0.3) is 0 Å². The van der Waals surface area contributed by atoms with Crippen molar-refractivity contribution in [1.29, 1.82) is 0 Å². The third-order valence-electron chi connectivity index (χ3n) is 8.05. The van der Waals surface area contributed by atoms with Crippen LogP contribution in [0.5, 0.6) is 0 Å². The lowest BCUT2D eigenvalue weighted by Crippen LogP contribution is -2.47. The predicted octanol–water partition coefficient (Wildman–Crippen LogP) is 5.20. The topological polar surface area (TPSA) is 35.5 Å². The van der Waals surface area contributed by atoms with E-state index in [0.29, 0.717) is 34.6 Å². The van der Waals surface area contributed by atoms with Crippen molar-refractivity contribution in [3.05, 3.63) is 0 Å². The molecular formula is C24H46NO3+. The van der Waals surface area contributed by atoms with E-state index in [1.807, 2.05) is 0 Å². The fraction of sp³-hybridized carbons (Fsp3) is 0.958. The number of nitrogens with zero attached hydrogens (tertiary/aromatic N) is 1. The van der Waals surface area contributed by atoms with Gasteiger partial charge in [0.1, 0.15) is 6.54 Å². The highest BCUT2D eigenvalue weighted by Gasteiger charge is 2.61. The summed E-state index contributed by atoms with van der Waals surface area (Å²) < 4.78 is 12.5. The average Bonchev–Trinajstić information content (AvgIpc) is 2.94. The van der Waals surface area contributed by atoms with Gasteiger partial charge in [-0.3, -0.25) is 0 Å². The molecular weight excluding hydrogens is 350 g/mol. The monoisotopic (exact) mass is 396 g/mol. The van der Waals surface area contributed by atoms with Crippen LogP contribution < -0.4 is 0 Å². The van der Waals surface area contributed by atoms with E-state index in [4.69, 9.17) is 9.47 Å². The van der Waals surface area contributed by atoms with Gasteiger partial charge in [-0.2, -0.15) is 0 Å². The molecule has 28 heavy (non-hydrogen) atoms. The molecule has 2 saturated carbocycles. The number of carbonyl (C=O) groups is 1. The molecule has 2 bridgehead atoms. The lowest BCUT2D eigenvalue weighted by atomic mass is 9.70. The van der Waals surface area contributed by atoms with E-state index < -0.39 is 0 Å². The summed E-state index contributed by atoms with van der Waals surface area (Å²) in [5.74, 6) is 0.730. The molecule has 2 fully saturated rings. The van der Waals surface area contributed by atoms with Gasteiger partial charge in [-0.25, -0.2) is 4.79 Å². The van der Waals surface area contributed by atoms with Crippen molar-refractivity contribution in [1.82, 2.24) is 0 Å². The number of ether oxygens (including phenoxy) is 2. The molecule has 0 radical (unpaired) electrons. The van der Waals surface area contributed by atoms with Crippen LogP contribution in [0.3, 0.4) is 0 Å². The molecule has 0 N–H and O–H groups in total. The number of unbranched alkanes of at least 4 members (excludes halogenated alkanes) is 5. The minimum atomic E-state index is -0.0772. The number of likely N-dealkylation sites (N-methyl/N-ethyl adjacent to an activating group) is 1. The number of fused-ring (bicyclic) bond motifs is 2. The molecule has 0 amide bonds. The van der Waals surface area contributed by atoms with Crippen molar-refractivity contribution in [3.8, 4) is 0 Å². The first-order valence-electron chi connectivity index (χ1n) is 11.7. The number of hydrogen-bond donors (Lipinski definition) is 0. The summed E-state index contributed by atoms with van der Waals surface area (Å²) >= 11 is 0. The highest BCUT2D eigenvalue weighted by molar-refractivity contribution is 5.70. The second kappa shape index (κ2) is 9.93. The van der Waals surface area contributed by atoms with E-state index in [2.05, 4.69) is 41.8 Å². The Morgan fingerprint density at radius 2 is 1.71 bits per heavy atom. The van der Waals surface area contributed by atoms with Crippen LogP contribution in [0.25, 0.3) is 0 Å². The molecule has 0 aliphatic heterocycles. The Kier molecular flexibility index (Phi) is 8.39.